The minimum absolute atomic E-state index is 0.236. The van der Waals surface area contributed by atoms with E-state index in [1.165, 1.54) is 4.90 Å². The molecule has 2 heterocycles. The molecule has 1 saturated heterocycles. The van der Waals surface area contributed by atoms with E-state index in [1.54, 1.807) is 17.8 Å². The van der Waals surface area contributed by atoms with Gasteiger partial charge in [-0.05, 0) is 31.2 Å². The molecule has 1 aromatic heterocycles. The first kappa shape index (κ1) is 14.6. The fraction of sp³-hybridized carbons (Fsp3) is 0.643. The van der Waals surface area contributed by atoms with Gasteiger partial charge in [-0.1, -0.05) is 13.8 Å². The number of nitrogens with zero attached hydrogens (tertiary/aromatic N) is 3. The van der Waals surface area contributed by atoms with Crippen LogP contribution in [-0.4, -0.2) is 44.3 Å². The van der Waals surface area contributed by atoms with Crippen LogP contribution < -0.4 is 0 Å². The maximum Gasteiger partial charge on any atom is 0.326 e. The van der Waals surface area contributed by atoms with Crippen molar-refractivity contribution in [1.82, 2.24) is 14.7 Å². The number of carbonyl (C=O) groups is 2. The zero-order valence-corrected chi connectivity index (χ0v) is 12.2. The Morgan fingerprint density at radius 1 is 1.40 bits per heavy atom. The summed E-state index contributed by atoms with van der Waals surface area (Å²) in [6.45, 7) is 4.52. The van der Waals surface area contributed by atoms with Gasteiger partial charge in [-0.2, -0.15) is 5.10 Å². The molecule has 0 radical (unpaired) electrons. The lowest BCUT2D eigenvalue weighted by Gasteiger charge is -2.32. The molecule has 1 amide bonds. The highest BCUT2D eigenvalue weighted by Crippen LogP contribution is 2.21. The van der Waals surface area contributed by atoms with Crippen molar-refractivity contribution >= 4 is 11.9 Å². The van der Waals surface area contributed by atoms with Crippen LogP contribution in [0.2, 0.25) is 0 Å². The monoisotopic (exact) mass is 279 g/mol. The van der Waals surface area contributed by atoms with Gasteiger partial charge in [-0.3, -0.25) is 9.48 Å². The highest BCUT2D eigenvalue weighted by atomic mass is 16.4. The summed E-state index contributed by atoms with van der Waals surface area (Å²) in [5, 5.41) is 13.6. The number of carbonyl (C=O) groups excluding carboxylic acids is 1. The van der Waals surface area contributed by atoms with Gasteiger partial charge in [0.15, 0.2) is 0 Å². The fourth-order valence-electron chi connectivity index (χ4n) is 2.55. The van der Waals surface area contributed by atoms with E-state index < -0.39 is 12.0 Å². The average molecular weight is 279 g/mol. The molecular weight excluding hydrogens is 258 g/mol. The molecule has 110 valence electrons. The molecule has 0 saturated carbocycles. The minimum atomic E-state index is -0.927. The summed E-state index contributed by atoms with van der Waals surface area (Å²) in [4.78, 5) is 25.3. The number of amides is 1. The van der Waals surface area contributed by atoms with Crippen molar-refractivity contribution in [2.45, 2.75) is 45.1 Å². The third-order valence-electron chi connectivity index (χ3n) is 3.76. The largest absolute Gasteiger partial charge is 0.480 e. The number of aliphatic carboxylic acids is 1. The SMILES string of the molecule is CC(C)c1cc(C(=O)N2CCCCC2C(=O)O)n(C)n1. The summed E-state index contributed by atoms with van der Waals surface area (Å²) in [5.41, 5.74) is 1.31. The second kappa shape index (κ2) is 5.64. The molecular formula is C14H21N3O3. The lowest BCUT2D eigenvalue weighted by Crippen LogP contribution is -2.48. The number of carboxylic acid groups (broad SMARTS) is 1. The molecule has 1 aliphatic heterocycles. The molecule has 0 bridgehead atoms. The van der Waals surface area contributed by atoms with Crippen LogP contribution in [0, 0.1) is 0 Å². The molecule has 1 aromatic rings. The highest BCUT2D eigenvalue weighted by molar-refractivity contribution is 5.95. The molecule has 0 aromatic carbocycles. The van der Waals surface area contributed by atoms with E-state index in [0.717, 1.165) is 18.5 Å². The predicted molar refractivity (Wildman–Crippen MR) is 73.6 cm³/mol. The van der Waals surface area contributed by atoms with E-state index in [1.807, 2.05) is 13.8 Å². The van der Waals surface area contributed by atoms with Crippen LogP contribution in [0.15, 0.2) is 6.07 Å². The molecule has 6 nitrogen and oxygen atoms in total. The van der Waals surface area contributed by atoms with Crippen LogP contribution in [0.5, 0.6) is 0 Å². The molecule has 1 fully saturated rings. The van der Waals surface area contributed by atoms with Crippen LogP contribution in [-0.2, 0) is 11.8 Å². The normalized spacial score (nSPS) is 19.4. The summed E-state index contributed by atoms with van der Waals surface area (Å²) in [6, 6.07) is 1.05. The quantitative estimate of drug-likeness (QED) is 0.912. The number of aromatic nitrogens is 2. The van der Waals surface area contributed by atoms with Gasteiger partial charge in [0, 0.05) is 13.6 Å². The molecule has 1 atom stereocenters. The Kier molecular flexibility index (Phi) is 4.11. The summed E-state index contributed by atoms with van der Waals surface area (Å²) < 4.78 is 1.55. The first-order chi connectivity index (χ1) is 9.41. The van der Waals surface area contributed by atoms with Crippen molar-refractivity contribution in [3.8, 4) is 0 Å². The van der Waals surface area contributed by atoms with Gasteiger partial charge in [-0.25, -0.2) is 4.79 Å². The van der Waals surface area contributed by atoms with Gasteiger partial charge in [0.1, 0.15) is 11.7 Å². The van der Waals surface area contributed by atoms with E-state index in [9.17, 15) is 14.7 Å². The molecule has 0 aliphatic carbocycles. The molecule has 1 aliphatic rings. The van der Waals surface area contributed by atoms with Crippen molar-refractivity contribution in [2.24, 2.45) is 7.05 Å². The van der Waals surface area contributed by atoms with Crippen molar-refractivity contribution in [2.75, 3.05) is 6.54 Å². The number of carboxylic acids is 1. The van der Waals surface area contributed by atoms with E-state index >= 15 is 0 Å². The molecule has 20 heavy (non-hydrogen) atoms. The maximum atomic E-state index is 12.6. The highest BCUT2D eigenvalue weighted by Gasteiger charge is 2.33. The maximum absolute atomic E-state index is 12.6. The zero-order chi connectivity index (χ0) is 14.9. The van der Waals surface area contributed by atoms with Gasteiger partial charge < -0.3 is 10.0 Å². The second-order valence-electron chi connectivity index (χ2n) is 5.58. The van der Waals surface area contributed by atoms with Crippen molar-refractivity contribution < 1.29 is 14.7 Å². The standard InChI is InChI=1S/C14H21N3O3/c1-9(2)10-8-12(16(3)15-10)13(18)17-7-5-4-6-11(17)14(19)20/h8-9,11H,4-7H2,1-3H3,(H,19,20). The van der Waals surface area contributed by atoms with Crippen LogP contribution in [0.25, 0.3) is 0 Å². The Morgan fingerprint density at radius 2 is 2.10 bits per heavy atom. The Balaban J connectivity index is 2.27. The van der Waals surface area contributed by atoms with Crippen LogP contribution >= 0.6 is 0 Å². The van der Waals surface area contributed by atoms with E-state index in [0.29, 0.717) is 18.7 Å². The van der Waals surface area contributed by atoms with Crippen LogP contribution in [0.1, 0.15) is 55.2 Å². The number of hydrogen-bond acceptors (Lipinski definition) is 3. The van der Waals surface area contributed by atoms with Crippen LogP contribution in [0.3, 0.4) is 0 Å². The summed E-state index contributed by atoms with van der Waals surface area (Å²) in [7, 11) is 1.72. The number of piperidine rings is 1. The third-order valence-corrected chi connectivity index (χ3v) is 3.76. The van der Waals surface area contributed by atoms with Gasteiger partial charge in [0.25, 0.3) is 5.91 Å². The summed E-state index contributed by atoms with van der Waals surface area (Å²) in [5.74, 6) is -0.928. The van der Waals surface area contributed by atoms with Crippen LogP contribution in [0.4, 0.5) is 0 Å². The van der Waals surface area contributed by atoms with E-state index in [4.69, 9.17) is 0 Å². The number of hydrogen-bond donors (Lipinski definition) is 1. The first-order valence-electron chi connectivity index (χ1n) is 6.99. The molecule has 1 unspecified atom stereocenters. The van der Waals surface area contributed by atoms with Crippen molar-refractivity contribution in [3.63, 3.8) is 0 Å². The molecule has 2 rings (SSSR count). The van der Waals surface area contributed by atoms with Gasteiger partial charge >= 0.3 is 5.97 Å². The van der Waals surface area contributed by atoms with Gasteiger partial charge in [0.2, 0.25) is 0 Å². The Hall–Kier alpha value is -1.85. The summed E-state index contributed by atoms with van der Waals surface area (Å²) >= 11 is 0. The predicted octanol–water partition coefficient (Wildman–Crippen LogP) is 1.62. The molecule has 1 N–H and O–H groups in total. The molecule has 0 spiro atoms. The Morgan fingerprint density at radius 3 is 2.65 bits per heavy atom. The first-order valence-corrected chi connectivity index (χ1v) is 6.99. The summed E-state index contributed by atoms with van der Waals surface area (Å²) in [6.07, 6.45) is 2.23. The van der Waals surface area contributed by atoms with Gasteiger partial charge in [0.05, 0.1) is 5.69 Å². The lowest BCUT2D eigenvalue weighted by atomic mass is 10.0. The second-order valence-corrected chi connectivity index (χ2v) is 5.58. The Labute approximate surface area is 118 Å². The minimum Gasteiger partial charge on any atom is -0.480 e. The smallest absolute Gasteiger partial charge is 0.326 e. The zero-order valence-electron chi connectivity index (χ0n) is 12.2. The average Bonchev–Trinajstić information content (AvgIpc) is 2.80. The Bertz CT molecular complexity index is 522. The van der Waals surface area contributed by atoms with Crippen molar-refractivity contribution in [3.05, 3.63) is 17.5 Å². The number of rotatable bonds is 3. The van der Waals surface area contributed by atoms with E-state index in [2.05, 4.69) is 5.10 Å². The van der Waals surface area contributed by atoms with E-state index in [-0.39, 0.29) is 11.8 Å². The fourth-order valence-corrected chi connectivity index (χ4v) is 2.55. The van der Waals surface area contributed by atoms with Gasteiger partial charge in [-0.15, -0.1) is 0 Å². The number of aryl methyl sites for hydroxylation is 1. The number of likely N-dealkylation sites (tertiary alicyclic amines) is 1. The lowest BCUT2D eigenvalue weighted by molar-refractivity contribution is -0.143. The topological polar surface area (TPSA) is 75.4 Å². The van der Waals surface area contributed by atoms with Crippen molar-refractivity contribution in [1.29, 1.82) is 0 Å². The molecule has 6 heteroatoms. The third kappa shape index (κ3) is 2.69.